The molecule has 1 N–H and O–H groups in total. The van der Waals surface area contributed by atoms with Crippen molar-refractivity contribution in [1.29, 1.82) is 0 Å². The van der Waals surface area contributed by atoms with Gasteiger partial charge in [0.1, 0.15) is 6.33 Å². The van der Waals surface area contributed by atoms with E-state index in [2.05, 4.69) is 20.8 Å². The van der Waals surface area contributed by atoms with Crippen molar-refractivity contribution in [3.8, 4) is 5.69 Å². The molecule has 1 heterocycles. The summed E-state index contributed by atoms with van der Waals surface area (Å²) < 4.78 is 27.8. The van der Waals surface area contributed by atoms with Gasteiger partial charge in [0, 0.05) is 25.3 Å². The zero-order valence-electron chi connectivity index (χ0n) is 15.9. The predicted molar refractivity (Wildman–Crippen MR) is 104 cm³/mol. The Morgan fingerprint density at radius 1 is 1.11 bits per heavy atom. The Hall–Kier alpha value is -3.11. The van der Waals surface area contributed by atoms with E-state index in [0.717, 1.165) is 15.6 Å². The average Bonchev–Trinajstić information content (AvgIpc) is 3.18. The van der Waals surface area contributed by atoms with Crippen LogP contribution in [-0.4, -0.2) is 52.9 Å². The van der Waals surface area contributed by atoms with Crippen molar-refractivity contribution >= 4 is 21.6 Å². The summed E-state index contributed by atoms with van der Waals surface area (Å²) in [7, 11) is -0.735. The first-order valence-electron chi connectivity index (χ1n) is 8.38. The smallest absolute Gasteiger partial charge is 0.255 e. The number of tetrazole rings is 1. The summed E-state index contributed by atoms with van der Waals surface area (Å²) in [6.07, 6.45) is 1.47. The third-order valence-electron chi connectivity index (χ3n) is 4.38. The fourth-order valence-corrected chi connectivity index (χ4v) is 3.82. The van der Waals surface area contributed by atoms with Gasteiger partial charge in [-0.25, -0.2) is 17.4 Å². The number of benzene rings is 2. The van der Waals surface area contributed by atoms with Gasteiger partial charge in [0.15, 0.2) is 0 Å². The van der Waals surface area contributed by atoms with Crippen molar-refractivity contribution in [2.75, 3.05) is 19.4 Å². The molecule has 0 saturated carbocycles. The third kappa shape index (κ3) is 3.78. The molecule has 0 aliphatic carbocycles. The average molecular weight is 400 g/mol. The van der Waals surface area contributed by atoms with Crippen molar-refractivity contribution in [3.05, 3.63) is 59.4 Å². The van der Waals surface area contributed by atoms with E-state index in [0.29, 0.717) is 11.3 Å². The molecular formula is C18H20N6O3S. The van der Waals surface area contributed by atoms with Gasteiger partial charge in [0.25, 0.3) is 5.91 Å². The second kappa shape index (κ2) is 7.49. The van der Waals surface area contributed by atoms with Gasteiger partial charge in [-0.3, -0.25) is 4.79 Å². The molecule has 0 spiro atoms. The molecule has 0 aliphatic rings. The normalized spacial score (nSPS) is 11.6. The first-order valence-corrected chi connectivity index (χ1v) is 9.82. The number of nitrogens with zero attached hydrogens (tertiary/aromatic N) is 5. The maximum absolute atomic E-state index is 12.7. The van der Waals surface area contributed by atoms with E-state index in [-0.39, 0.29) is 10.5 Å². The Balaban J connectivity index is 1.88. The Morgan fingerprint density at radius 2 is 1.79 bits per heavy atom. The number of carbonyl (C=O) groups is 1. The lowest BCUT2D eigenvalue weighted by atomic mass is 10.1. The van der Waals surface area contributed by atoms with Crippen LogP contribution in [0.4, 0.5) is 5.69 Å². The first-order chi connectivity index (χ1) is 13.2. The summed E-state index contributed by atoms with van der Waals surface area (Å²) >= 11 is 0. The van der Waals surface area contributed by atoms with Crippen LogP contribution < -0.4 is 5.32 Å². The minimum atomic E-state index is -3.66. The number of rotatable bonds is 5. The highest BCUT2D eigenvalue weighted by molar-refractivity contribution is 7.89. The summed E-state index contributed by atoms with van der Waals surface area (Å²) in [4.78, 5) is 12.8. The second-order valence-corrected chi connectivity index (χ2v) is 8.58. The number of sulfonamides is 1. The summed E-state index contributed by atoms with van der Waals surface area (Å²) in [5, 5.41) is 13.7. The molecule has 0 aliphatic heterocycles. The molecule has 9 nitrogen and oxygen atoms in total. The van der Waals surface area contributed by atoms with Crippen LogP contribution in [0.15, 0.2) is 47.6 Å². The van der Waals surface area contributed by atoms with E-state index < -0.39 is 15.9 Å². The lowest BCUT2D eigenvalue weighted by molar-refractivity contribution is 0.102. The van der Waals surface area contributed by atoms with Crippen LogP contribution in [0.3, 0.4) is 0 Å². The number of amides is 1. The maximum atomic E-state index is 12.7. The number of nitrogens with one attached hydrogen (secondary N) is 1. The van der Waals surface area contributed by atoms with Crippen LogP contribution in [-0.2, 0) is 10.0 Å². The van der Waals surface area contributed by atoms with Crippen molar-refractivity contribution in [1.82, 2.24) is 24.5 Å². The predicted octanol–water partition coefficient (Wildman–Crippen LogP) is 1.78. The van der Waals surface area contributed by atoms with Crippen LogP contribution in [0.5, 0.6) is 0 Å². The molecule has 3 aromatic rings. The van der Waals surface area contributed by atoms with Crippen LogP contribution in [0.2, 0.25) is 0 Å². The molecule has 1 aromatic heterocycles. The van der Waals surface area contributed by atoms with E-state index in [9.17, 15) is 13.2 Å². The summed E-state index contributed by atoms with van der Waals surface area (Å²) in [6.45, 7) is 3.51. The zero-order chi connectivity index (χ0) is 20.5. The molecule has 3 rings (SSSR count). The molecule has 0 fully saturated rings. The standard InChI is InChI=1S/C18H20N6O3S/c1-12-9-14(10-17(13(12)2)28(26,27)23(3)4)18(25)20-15-5-7-16(8-6-15)24-11-19-21-22-24/h5-11H,1-4H3,(H,20,25). The van der Waals surface area contributed by atoms with Gasteiger partial charge in [-0.15, -0.1) is 5.10 Å². The van der Waals surface area contributed by atoms with Crippen molar-refractivity contribution in [3.63, 3.8) is 0 Å². The van der Waals surface area contributed by atoms with Gasteiger partial charge in [-0.1, -0.05) is 0 Å². The molecular weight excluding hydrogens is 380 g/mol. The largest absolute Gasteiger partial charge is 0.322 e. The number of hydrogen-bond acceptors (Lipinski definition) is 6. The highest BCUT2D eigenvalue weighted by Gasteiger charge is 2.23. The van der Waals surface area contributed by atoms with E-state index in [1.807, 2.05) is 0 Å². The SMILES string of the molecule is Cc1cc(C(=O)Nc2ccc(-n3cnnn3)cc2)cc(S(=O)(=O)N(C)C)c1C. The third-order valence-corrected chi connectivity index (χ3v) is 6.32. The monoisotopic (exact) mass is 400 g/mol. The Labute approximate surface area is 163 Å². The van der Waals surface area contributed by atoms with Crippen LogP contribution in [0, 0.1) is 13.8 Å². The minimum absolute atomic E-state index is 0.122. The molecule has 0 radical (unpaired) electrons. The van der Waals surface area contributed by atoms with E-state index in [1.165, 1.54) is 31.2 Å². The molecule has 28 heavy (non-hydrogen) atoms. The Bertz CT molecular complexity index is 1110. The number of aryl methyl sites for hydroxylation is 1. The molecule has 2 aromatic carbocycles. The van der Waals surface area contributed by atoms with Crippen molar-refractivity contribution in [2.45, 2.75) is 18.7 Å². The van der Waals surface area contributed by atoms with Crippen LogP contribution >= 0.6 is 0 Å². The topological polar surface area (TPSA) is 110 Å². The summed E-state index contributed by atoms with van der Waals surface area (Å²) in [5.74, 6) is -0.395. The summed E-state index contributed by atoms with van der Waals surface area (Å²) in [5.41, 5.74) is 2.93. The van der Waals surface area contributed by atoms with Gasteiger partial charge in [-0.2, -0.15) is 0 Å². The van der Waals surface area contributed by atoms with E-state index in [4.69, 9.17) is 0 Å². The van der Waals surface area contributed by atoms with E-state index in [1.54, 1.807) is 44.2 Å². The maximum Gasteiger partial charge on any atom is 0.255 e. The van der Waals surface area contributed by atoms with Gasteiger partial charge in [0.05, 0.1) is 10.6 Å². The molecule has 0 unspecified atom stereocenters. The number of anilines is 1. The zero-order valence-corrected chi connectivity index (χ0v) is 16.7. The van der Waals surface area contributed by atoms with Crippen LogP contribution in [0.1, 0.15) is 21.5 Å². The van der Waals surface area contributed by atoms with Gasteiger partial charge < -0.3 is 5.32 Å². The number of carbonyl (C=O) groups excluding carboxylic acids is 1. The lowest BCUT2D eigenvalue weighted by Crippen LogP contribution is -2.24. The first kappa shape index (κ1) is 19.6. The highest BCUT2D eigenvalue weighted by atomic mass is 32.2. The number of aromatic nitrogens is 4. The Morgan fingerprint density at radius 3 is 2.36 bits per heavy atom. The molecule has 1 amide bonds. The molecule has 0 bridgehead atoms. The van der Waals surface area contributed by atoms with Gasteiger partial charge in [0.2, 0.25) is 10.0 Å². The molecule has 146 valence electrons. The van der Waals surface area contributed by atoms with Crippen LogP contribution in [0.25, 0.3) is 5.69 Å². The van der Waals surface area contributed by atoms with Gasteiger partial charge >= 0.3 is 0 Å². The summed E-state index contributed by atoms with van der Waals surface area (Å²) in [6, 6.07) is 10.0. The number of hydrogen-bond donors (Lipinski definition) is 1. The molecule has 10 heteroatoms. The Kier molecular flexibility index (Phi) is 5.25. The second-order valence-electron chi connectivity index (χ2n) is 6.46. The van der Waals surface area contributed by atoms with Crippen molar-refractivity contribution in [2.24, 2.45) is 0 Å². The molecule has 0 atom stereocenters. The minimum Gasteiger partial charge on any atom is -0.322 e. The van der Waals surface area contributed by atoms with Gasteiger partial charge in [-0.05, 0) is 71.8 Å². The molecule has 0 saturated heterocycles. The highest BCUT2D eigenvalue weighted by Crippen LogP contribution is 2.24. The van der Waals surface area contributed by atoms with E-state index >= 15 is 0 Å². The fourth-order valence-electron chi connectivity index (χ4n) is 2.60. The lowest BCUT2D eigenvalue weighted by Gasteiger charge is -2.16. The fraction of sp³-hybridized carbons (Fsp3) is 0.222. The quantitative estimate of drug-likeness (QED) is 0.699. The van der Waals surface area contributed by atoms with Crippen molar-refractivity contribution < 1.29 is 13.2 Å².